The number of nitrogens with one attached hydrogen (secondary N) is 1. The van der Waals surface area contributed by atoms with E-state index >= 15 is 0 Å². The van der Waals surface area contributed by atoms with Crippen LogP contribution in [0, 0.1) is 23.4 Å². The molecule has 0 radical (unpaired) electrons. The molecule has 0 bridgehead atoms. The van der Waals surface area contributed by atoms with E-state index in [9.17, 15) is 13.2 Å². The molecule has 0 spiro atoms. The zero-order chi connectivity index (χ0) is 21.8. The van der Waals surface area contributed by atoms with Gasteiger partial charge in [0.1, 0.15) is 11.6 Å². The normalized spacial score (nSPS) is 19.5. The van der Waals surface area contributed by atoms with Crippen LogP contribution in [0.5, 0.6) is 0 Å². The quantitative estimate of drug-likeness (QED) is 0.488. The maximum atomic E-state index is 14.4. The molecule has 0 saturated carbocycles. The summed E-state index contributed by atoms with van der Waals surface area (Å²) in [4.78, 5) is 10.9. The minimum Gasteiger partial charge on any atom is -0.316 e. The van der Waals surface area contributed by atoms with Gasteiger partial charge < -0.3 is 5.32 Å². The van der Waals surface area contributed by atoms with Crippen LogP contribution in [-0.4, -0.2) is 27.5 Å². The van der Waals surface area contributed by atoms with Gasteiger partial charge in [-0.3, -0.25) is 4.90 Å². The first-order valence-corrected chi connectivity index (χ1v) is 11.4. The number of nitrogens with zero attached hydrogens (tertiary/aromatic N) is 3. The highest BCUT2D eigenvalue weighted by Gasteiger charge is 2.29. The summed E-state index contributed by atoms with van der Waals surface area (Å²) in [5, 5.41) is 5.69. The number of benzene rings is 1. The lowest BCUT2D eigenvalue weighted by atomic mass is 9.86. The number of piperidine rings is 1. The van der Waals surface area contributed by atoms with Gasteiger partial charge in [-0.05, 0) is 56.3 Å². The molecule has 2 atom stereocenters. The van der Waals surface area contributed by atoms with Gasteiger partial charge in [0.05, 0.1) is 5.69 Å². The highest BCUT2D eigenvalue weighted by Crippen LogP contribution is 2.30. The van der Waals surface area contributed by atoms with Crippen LogP contribution in [0.15, 0.2) is 41.9 Å². The Balaban J connectivity index is 1.41. The number of likely N-dealkylation sites (tertiary alicyclic amines) is 1. The summed E-state index contributed by atoms with van der Waals surface area (Å²) in [6.45, 7) is 3.24. The molecule has 1 fully saturated rings. The summed E-state index contributed by atoms with van der Waals surface area (Å²) in [5.74, 6) is -1.02. The van der Waals surface area contributed by atoms with Crippen molar-refractivity contribution in [2.45, 2.75) is 45.2 Å². The van der Waals surface area contributed by atoms with Crippen molar-refractivity contribution in [3.8, 4) is 0 Å². The van der Waals surface area contributed by atoms with Crippen molar-refractivity contribution in [2.24, 2.45) is 5.92 Å². The molecule has 2 unspecified atom stereocenters. The zero-order valence-corrected chi connectivity index (χ0v) is 18.1. The number of hydrogen-bond acceptors (Lipinski definition) is 5. The van der Waals surface area contributed by atoms with Gasteiger partial charge in [-0.15, -0.1) is 11.3 Å². The van der Waals surface area contributed by atoms with Crippen molar-refractivity contribution in [3.05, 3.63) is 70.6 Å². The number of halogens is 3. The van der Waals surface area contributed by atoms with Crippen molar-refractivity contribution in [3.63, 3.8) is 0 Å². The molecule has 3 aromatic rings. The Bertz CT molecular complexity index is 1010. The Morgan fingerprint density at radius 1 is 1.16 bits per heavy atom. The van der Waals surface area contributed by atoms with Gasteiger partial charge >= 0.3 is 0 Å². The molecular formula is C23H25F3N4S. The number of anilines is 2. The number of hydrogen-bond donors (Lipinski definition) is 1. The Hall–Kier alpha value is -2.45. The van der Waals surface area contributed by atoms with Crippen molar-refractivity contribution >= 4 is 22.3 Å². The van der Waals surface area contributed by atoms with Gasteiger partial charge in [0.2, 0.25) is 0 Å². The van der Waals surface area contributed by atoms with Crippen LogP contribution in [0.2, 0.25) is 0 Å². The van der Waals surface area contributed by atoms with E-state index in [-0.39, 0.29) is 17.8 Å². The van der Waals surface area contributed by atoms with E-state index in [0.29, 0.717) is 35.2 Å². The largest absolute Gasteiger partial charge is 0.316 e. The van der Waals surface area contributed by atoms with E-state index in [1.165, 1.54) is 17.4 Å². The van der Waals surface area contributed by atoms with E-state index < -0.39 is 11.6 Å². The molecule has 4 nitrogen and oxygen atoms in total. The SMILES string of the molecule is CCC1CC(Cc2nc(Nc3nccs3)ccc2F)CCN1Cc1cccc(F)c1F. The lowest BCUT2D eigenvalue weighted by molar-refractivity contribution is 0.0990. The first kappa shape index (κ1) is 21.8. The second-order valence-electron chi connectivity index (χ2n) is 7.93. The van der Waals surface area contributed by atoms with Crippen LogP contribution in [0.3, 0.4) is 0 Å². The van der Waals surface area contributed by atoms with E-state index in [0.717, 1.165) is 31.9 Å². The summed E-state index contributed by atoms with van der Waals surface area (Å²) in [5.41, 5.74) is 0.830. The van der Waals surface area contributed by atoms with Gasteiger partial charge in [-0.25, -0.2) is 23.1 Å². The second-order valence-corrected chi connectivity index (χ2v) is 8.82. The summed E-state index contributed by atoms with van der Waals surface area (Å²) >= 11 is 1.46. The van der Waals surface area contributed by atoms with Crippen LogP contribution in [0.1, 0.15) is 37.4 Å². The number of rotatable bonds is 7. The maximum Gasteiger partial charge on any atom is 0.188 e. The molecule has 0 aliphatic carbocycles. The molecule has 4 rings (SSSR count). The van der Waals surface area contributed by atoms with Crippen molar-refractivity contribution < 1.29 is 13.2 Å². The van der Waals surface area contributed by atoms with Gasteiger partial charge in [0, 0.05) is 29.7 Å². The highest BCUT2D eigenvalue weighted by molar-refractivity contribution is 7.13. The number of thiazole rings is 1. The fourth-order valence-corrected chi connectivity index (χ4v) is 4.79. The molecule has 8 heteroatoms. The zero-order valence-electron chi connectivity index (χ0n) is 17.3. The van der Waals surface area contributed by atoms with E-state index in [1.807, 2.05) is 5.38 Å². The second kappa shape index (κ2) is 9.78. The number of aromatic nitrogens is 2. The molecule has 3 heterocycles. The van der Waals surface area contributed by atoms with Crippen LogP contribution in [0.25, 0.3) is 0 Å². The molecular weight excluding hydrogens is 421 g/mol. The maximum absolute atomic E-state index is 14.4. The lowest BCUT2D eigenvalue weighted by Gasteiger charge is -2.39. The van der Waals surface area contributed by atoms with Crippen LogP contribution >= 0.6 is 11.3 Å². The molecule has 1 aromatic carbocycles. The van der Waals surface area contributed by atoms with E-state index in [2.05, 4.69) is 27.1 Å². The lowest BCUT2D eigenvalue weighted by Crippen LogP contribution is -2.42. The average molecular weight is 447 g/mol. The van der Waals surface area contributed by atoms with E-state index in [4.69, 9.17) is 0 Å². The fourth-order valence-electron chi connectivity index (χ4n) is 4.26. The van der Waals surface area contributed by atoms with Crippen LogP contribution in [0.4, 0.5) is 24.1 Å². The molecule has 2 aromatic heterocycles. The minimum absolute atomic E-state index is 0.237. The third-order valence-corrected chi connectivity index (χ3v) is 6.58. The summed E-state index contributed by atoms with van der Waals surface area (Å²) < 4.78 is 42.1. The monoisotopic (exact) mass is 446 g/mol. The van der Waals surface area contributed by atoms with Gasteiger partial charge in [-0.1, -0.05) is 19.1 Å². The predicted molar refractivity (Wildman–Crippen MR) is 117 cm³/mol. The Morgan fingerprint density at radius 2 is 2.03 bits per heavy atom. The fraction of sp³-hybridized carbons (Fsp3) is 0.391. The smallest absolute Gasteiger partial charge is 0.188 e. The first-order chi connectivity index (χ1) is 15.0. The molecule has 164 valence electrons. The highest BCUT2D eigenvalue weighted by atomic mass is 32.1. The third-order valence-electron chi connectivity index (χ3n) is 5.89. The third kappa shape index (κ3) is 5.25. The Labute approximate surface area is 184 Å². The summed E-state index contributed by atoms with van der Waals surface area (Å²) in [7, 11) is 0. The molecule has 1 saturated heterocycles. The standard InChI is InChI=1S/C23H25F3N4S/c1-2-17-12-15(8-10-30(17)14-16-4-3-5-19(25)22(16)26)13-20-18(24)6-7-21(28-20)29-23-27-9-11-31-23/h3-7,9,11,15,17H,2,8,10,12-14H2,1H3,(H,27,28,29). The Kier molecular flexibility index (Phi) is 6.87. The molecule has 1 aliphatic heterocycles. The summed E-state index contributed by atoms with van der Waals surface area (Å²) in [6.07, 6.45) is 4.88. The van der Waals surface area contributed by atoms with Gasteiger partial charge in [0.25, 0.3) is 0 Å². The average Bonchev–Trinajstić information content (AvgIpc) is 3.28. The molecule has 1 N–H and O–H groups in total. The molecule has 1 aliphatic rings. The first-order valence-electron chi connectivity index (χ1n) is 10.5. The van der Waals surface area contributed by atoms with Crippen LogP contribution in [-0.2, 0) is 13.0 Å². The van der Waals surface area contributed by atoms with E-state index in [1.54, 1.807) is 24.4 Å². The number of pyridine rings is 1. The molecule has 0 amide bonds. The summed E-state index contributed by atoms with van der Waals surface area (Å²) in [6, 6.07) is 7.62. The van der Waals surface area contributed by atoms with Crippen molar-refractivity contribution in [1.29, 1.82) is 0 Å². The predicted octanol–water partition coefficient (Wildman–Crippen LogP) is 5.93. The van der Waals surface area contributed by atoms with Crippen molar-refractivity contribution in [1.82, 2.24) is 14.9 Å². The van der Waals surface area contributed by atoms with Crippen molar-refractivity contribution in [2.75, 3.05) is 11.9 Å². The van der Waals surface area contributed by atoms with Gasteiger partial charge in [0.15, 0.2) is 16.8 Å². The Morgan fingerprint density at radius 3 is 2.81 bits per heavy atom. The van der Waals surface area contributed by atoms with Gasteiger partial charge in [-0.2, -0.15) is 0 Å². The molecule has 31 heavy (non-hydrogen) atoms. The minimum atomic E-state index is -0.812. The topological polar surface area (TPSA) is 41.1 Å². The van der Waals surface area contributed by atoms with Crippen LogP contribution < -0.4 is 5.32 Å².